The number of benzene rings is 1. The monoisotopic (exact) mass is 222 g/mol. The van der Waals surface area contributed by atoms with Crippen LogP contribution in [-0.2, 0) is 6.54 Å². The van der Waals surface area contributed by atoms with Crippen LogP contribution < -0.4 is 5.32 Å². The Hall–Kier alpha value is -1.09. The summed E-state index contributed by atoms with van der Waals surface area (Å²) in [4.78, 5) is 2.05. The molecule has 1 rings (SSSR count). The molecule has 1 aromatic carbocycles. The number of hydrogen-bond acceptors (Lipinski definition) is 1. The fourth-order valence-electron chi connectivity index (χ4n) is 1.29. The maximum absolute atomic E-state index is 5.27. The number of rotatable bonds is 3. The van der Waals surface area contributed by atoms with Gasteiger partial charge in [0.15, 0.2) is 5.11 Å². The normalized spacial score (nSPS) is 10.1. The first-order valence-corrected chi connectivity index (χ1v) is 5.56. The van der Waals surface area contributed by atoms with Crippen LogP contribution in [0.5, 0.6) is 0 Å². The van der Waals surface area contributed by atoms with Crippen molar-refractivity contribution in [2.45, 2.75) is 26.4 Å². The number of thiocarbonyl (C=S) groups is 1. The third-order valence-electron chi connectivity index (χ3n) is 2.02. The van der Waals surface area contributed by atoms with Crippen LogP contribution >= 0.6 is 12.2 Å². The average Bonchev–Trinajstić information content (AvgIpc) is 2.18. The molecular formula is C12H18N2S. The van der Waals surface area contributed by atoms with Gasteiger partial charge in [0.1, 0.15) is 0 Å². The molecule has 0 bridgehead atoms. The molecule has 0 spiro atoms. The minimum absolute atomic E-state index is 0.385. The molecule has 0 unspecified atom stereocenters. The molecule has 0 aliphatic carbocycles. The van der Waals surface area contributed by atoms with E-state index in [0.717, 1.165) is 11.7 Å². The highest BCUT2D eigenvalue weighted by molar-refractivity contribution is 7.80. The Morgan fingerprint density at radius 1 is 1.33 bits per heavy atom. The molecule has 0 amide bonds. The predicted octanol–water partition coefficient (Wildman–Crippen LogP) is 2.40. The van der Waals surface area contributed by atoms with Crippen LogP contribution in [0.1, 0.15) is 19.4 Å². The first kappa shape index (κ1) is 12.0. The minimum atomic E-state index is 0.385. The van der Waals surface area contributed by atoms with E-state index in [9.17, 15) is 0 Å². The quantitative estimate of drug-likeness (QED) is 0.791. The molecular weight excluding hydrogens is 204 g/mol. The van der Waals surface area contributed by atoms with Crippen molar-refractivity contribution in [3.63, 3.8) is 0 Å². The first-order chi connectivity index (χ1) is 7.09. The maximum atomic E-state index is 5.27. The summed E-state index contributed by atoms with van der Waals surface area (Å²) in [5.41, 5.74) is 1.27. The van der Waals surface area contributed by atoms with Crippen molar-refractivity contribution in [2.75, 3.05) is 7.05 Å². The molecule has 15 heavy (non-hydrogen) atoms. The average molecular weight is 222 g/mol. The predicted molar refractivity (Wildman–Crippen MR) is 68.8 cm³/mol. The minimum Gasteiger partial charge on any atom is -0.360 e. The van der Waals surface area contributed by atoms with E-state index in [1.54, 1.807) is 0 Å². The molecule has 1 aromatic rings. The SMILES string of the molecule is CC(C)NC(=S)N(C)Cc1ccccc1. The Kier molecular flexibility index (Phi) is 4.56. The Morgan fingerprint density at radius 3 is 2.47 bits per heavy atom. The smallest absolute Gasteiger partial charge is 0.169 e. The van der Waals surface area contributed by atoms with Gasteiger partial charge in [-0.25, -0.2) is 0 Å². The van der Waals surface area contributed by atoms with Crippen LogP contribution in [0.4, 0.5) is 0 Å². The van der Waals surface area contributed by atoms with Gasteiger partial charge in [-0.05, 0) is 31.6 Å². The van der Waals surface area contributed by atoms with E-state index in [4.69, 9.17) is 12.2 Å². The molecule has 0 atom stereocenters. The van der Waals surface area contributed by atoms with Crippen LogP contribution in [0.2, 0.25) is 0 Å². The van der Waals surface area contributed by atoms with E-state index in [2.05, 4.69) is 31.3 Å². The standard InChI is InChI=1S/C12H18N2S/c1-10(2)13-12(15)14(3)9-11-7-5-4-6-8-11/h4-8,10H,9H2,1-3H3,(H,13,15). The van der Waals surface area contributed by atoms with Gasteiger partial charge in [0.2, 0.25) is 0 Å². The van der Waals surface area contributed by atoms with Gasteiger partial charge in [-0.1, -0.05) is 30.3 Å². The van der Waals surface area contributed by atoms with E-state index in [1.165, 1.54) is 5.56 Å². The van der Waals surface area contributed by atoms with Crippen molar-refractivity contribution in [1.29, 1.82) is 0 Å². The van der Waals surface area contributed by atoms with Crippen molar-refractivity contribution in [3.05, 3.63) is 35.9 Å². The topological polar surface area (TPSA) is 15.3 Å². The van der Waals surface area contributed by atoms with Gasteiger partial charge < -0.3 is 10.2 Å². The summed E-state index contributed by atoms with van der Waals surface area (Å²) >= 11 is 5.27. The van der Waals surface area contributed by atoms with E-state index in [0.29, 0.717) is 6.04 Å². The van der Waals surface area contributed by atoms with Crippen LogP contribution in [0.15, 0.2) is 30.3 Å². The Morgan fingerprint density at radius 2 is 1.93 bits per heavy atom. The van der Waals surface area contributed by atoms with Crippen molar-refractivity contribution in [3.8, 4) is 0 Å². The summed E-state index contributed by atoms with van der Waals surface area (Å²) in [6.45, 7) is 5.02. The molecule has 1 N–H and O–H groups in total. The molecule has 2 nitrogen and oxygen atoms in total. The summed E-state index contributed by atoms with van der Waals surface area (Å²) in [6.07, 6.45) is 0. The van der Waals surface area contributed by atoms with Crippen molar-refractivity contribution in [2.24, 2.45) is 0 Å². The van der Waals surface area contributed by atoms with E-state index in [1.807, 2.05) is 30.1 Å². The van der Waals surface area contributed by atoms with Crippen LogP contribution in [0.3, 0.4) is 0 Å². The lowest BCUT2D eigenvalue weighted by Crippen LogP contribution is -2.40. The summed E-state index contributed by atoms with van der Waals surface area (Å²) in [6, 6.07) is 10.7. The highest BCUT2D eigenvalue weighted by atomic mass is 32.1. The third kappa shape index (κ3) is 4.30. The van der Waals surface area contributed by atoms with E-state index >= 15 is 0 Å². The molecule has 0 saturated heterocycles. The molecule has 0 heterocycles. The van der Waals surface area contributed by atoms with Crippen LogP contribution in [0, 0.1) is 0 Å². The van der Waals surface area contributed by atoms with Gasteiger partial charge in [0.25, 0.3) is 0 Å². The summed E-state index contributed by atoms with van der Waals surface area (Å²) < 4.78 is 0. The Balaban J connectivity index is 2.49. The highest BCUT2D eigenvalue weighted by Gasteiger charge is 2.05. The van der Waals surface area contributed by atoms with Gasteiger partial charge in [0.05, 0.1) is 0 Å². The maximum Gasteiger partial charge on any atom is 0.169 e. The molecule has 82 valence electrons. The molecule has 3 heteroatoms. The third-order valence-corrected chi connectivity index (χ3v) is 2.45. The zero-order valence-corrected chi connectivity index (χ0v) is 10.3. The lowest BCUT2D eigenvalue weighted by molar-refractivity contribution is 0.480. The van der Waals surface area contributed by atoms with Crippen molar-refractivity contribution >= 4 is 17.3 Å². The summed E-state index contributed by atoms with van der Waals surface area (Å²) in [7, 11) is 2.00. The lowest BCUT2D eigenvalue weighted by Gasteiger charge is -2.22. The van der Waals surface area contributed by atoms with Gasteiger partial charge in [0, 0.05) is 19.6 Å². The van der Waals surface area contributed by atoms with Gasteiger partial charge in [-0.2, -0.15) is 0 Å². The zero-order valence-electron chi connectivity index (χ0n) is 9.53. The van der Waals surface area contributed by atoms with Crippen molar-refractivity contribution < 1.29 is 0 Å². The fourth-order valence-corrected chi connectivity index (χ4v) is 1.59. The summed E-state index contributed by atoms with van der Waals surface area (Å²) in [5.74, 6) is 0. The first-order valence-electron chi connectivity index (χ1n) is 5.15. The van der Waals surface area contributed by atoms with Gasteiger partial charge >= 0.3 is 0 Å². The molecule has 0 aromatic heterocycles. The largest absolute Gasteiger partial charge is 0.360 e. The second-order valence-corrected chi connectivity index (χ2v) is 4.33. The zero-order chi connectivity index (χ0) is 11.3. The second kappa shape index (κ2) is 5.71. The van der Waals surface area contributed by atoms with Crippen LogP contribution in [0.25, 0.3) is 0 Å². The van der Waals surface area contributed by atoms with E-state index < -0.39 is 0 Å². The van der Waals surface area contributed by atoms with Gasteiger partial charge in [-0.15, -0.1) is 0 Å². The van der Waals surface area contributed by atoms with E-state index in [-0.39, 0.29) is 0 Å². The van der Waals surface area contributed by atoms with Crippen LogP contribution in [-0.4, -0.2) is 23.1 Å². The molecule has 0 aliphatic rings. The fraction of sp³-hybridized carbons (Fsp3) is 0.417. The Bertz CT molecular complexity index is 309. The second-order valence-electron chi connectivity index (χ2n) is 3.95. The lowest BCUT2D eigenvalue weighted by atomic mass is 10.2. The Labute approximate surface area is 97.3 Å². The number of hydrogen-bond donors (Lipinski definition) is 1. The molecule has 0 fully saturated rings. The summed E-state index contributed by atoms with van der Waals surface area (Å²) in [5, 5.41) is 4.02. The number of nitrogens with zero attached hydrogens (tertiary/aromatic N) is 1. The van der Waals surface area contributed by atoms with Crippen molar-refractivity contribution in [1.82, 2.24) is 10.2 Å². The molecule has 0 saturated carbocycles. The molecule has 0 aliphatic heterocycles. The highest BCUT2D eigenvalue weighted by Crippen LogP contribution is 2.02. The number of nitrogens with one attached hydrogen (secondary N) is 1. The molecule has 0 radical (unpaired) electrons. The van der Waals surface area contributed by atoms with Gasteiger partial charge in [-0.3, -0.25) is 0 Å².